The number of ether oxygens (including phenoxy) is 1. The van der Waals surface area contributed by atoms with Crippen LogP contribution in [0.1, 0.15) is 52.8 Å². The third-order valence-corrected chi connectivity index (χ3v) is 4.89. The number of methoxy groups -OCH3 is 1. The summed E-state index contributed by atoms with van der Waals surface area (Å²) < 4.78 is 10.2. The van der Waals surface area contributed by atoms with Gasteiger partial charge in [-0.25, -0.2) is 9.59 Å². The van der Waals surface area contributed by atoms with Gasteiger partial charge in [0.25, 0.3) is 0 Å². The Bertz CT molecular complexity index is 804. The molecule has 112 valence electrons. The number of hydrogen-bond acceptors (Lipinski definition) is 4. The van der Waals surface area contributed by atoms with Crippen molar-refractivity contribution in [1.29, 1.82) is 0 Å². The predicted molar refractivity (Wildman–Crippen MR) is 81.1 cm³/mol. The minimum atomic E-state index is -0.555. The molecule has 1 saturated carbocycles. The first-order valence-electron chi connectivity index (χ1n) is 7.55. The summed E-state index contributed by atoms with van der Waals surface area (Å²) in [6, 6.07) is 9.55. The molecule has 0 radical (unpaired) electrons. The van der Waals surface area contributed by atoms with E-state index in [1.807, 2.05) is 30.3 Å². The number of hydrogen-bond donors (Lipinski definition) is 0. The predicted octanol–water partition coefficient (Wildman–Crippen LogP) is 3.46. The molecule has 2 aromatic rings. The van der Waals surface area contributed by atoms with Gasteiger partial charge in [0.1, 0.15) is 0 Å². The molecule has 22 heavy (non-hydrogen) atoms. The maximum atomic E-state index is 12.5. The van der Waals surface area contributed by atoms with Gasteiger partial charge in [0.05, 0.1) is 12.7 Å². The summed E-state index contributed by atoms with van der Waals surface area (Å²) in [6.07, 6.45) is 3.11. The molecule has 1 heterocycles. The van der Waals surface area contributed by atoms with Gasteiger partial charge in [-0.2, -0.15) is 0 Å². The van der Waals surface area contributed by atoms with E-state index in [0.29, 0.717) is 17.4 Å². The van der Waals surface area contributed by atoms with Crippen LogP contribution in [0.4, 0.5) is 0 Å². The molecule has 1 fully saturated rings. The minimum absolute atomic E-state index is 0.106. The summed E-state index contributed by atoms with van der Waals surface area (Å²) in [7, 11) is 1.31. The molecule has 1 aromatic heterocycles. The zero-order valence-electron chi connectivity index (χ0n) is 12.3. The topological polar surface area (TPSA) is 56.5 Å². The van der Waals surface area contributed by atoms with Crippen LogP contribution < -0.4 is 5.63 Å². The van der Waals surface area contributed by atoms with E-state index in [4.69, 9.17) is 9.15 Å². The lowest BCUT2D eigenvalue weighted by atomic mass is 9.86. The molecule has 0 amide bonds. The highest BCUT2D eigenvalue weighted by Gasteiger charge is 2.43. The first-order valence-corrected chi connectivity index (χ1v) is 7.55. The molecule has 2 atom stereocenters. The Morgan fingerprint density at radius 1 is 1.14 bits per heavy atom. The van der Waals surface area contributed by atoms with Crippen LogP contribution in [0.15, 0.2) is 39.5 Å². The number of rotatable bonds is 2. The van der Waals surface area contributed by atoms with Gasteiger partial charge in [-0.15, -0.1) is 0 Å². The Morgan fingerprint density at radius 2 is 1.82 bits per heavy atom. The molecule has 4 heteroatoms. The lowest BCUT2D eigenvalue weighted by Gasteiger charge is -2.19. The Balaban J connectivity index is 2.03. The van der Waals surface area contributed by atoms with E-state index < -0.39 is 11.6 Å². The van der Waals surface area contributed by atoms with E-state index in [-0.39, 0.29) is 5.76 Å². The monoisotopic (exact) mass is 296 g/mol. The summed E-state index contributed by atoms with van der Waals surface area (Å²) in [5, 5.41) is 0. The van der Waals surface area contributed by atoms with Crippen LogP contribution in [0, 0.1) is 0 Å². The second kappa shape index (κ2) is 4.83. The normalized spacial score (nSPS) is 21.7. The molecule has 4 rings (SSSR count). The van der Waals surface area contributed by atoms with Crippen molar-refractivity contribution in [2.24, 2.45) is 0 Å². The molecule has 4 nitrogen and oxygen atoms in total. The van der Waals surface area contributed by atoms with Crippen LogP contribution in [0.5, 0.6) is 0 Å². The molecule has 2 aliphatic carbocycles. The smallest absolute Gasteiger partial charge is 0.374 e. The van der Waals surface area contributed by atoms with E-state index in [1.54, 1.807) is 0 Å². The van der Waals surface area contributed by atoms with E-state index in [9.17, 15) is 9.59 Å². The molecule has 0 unspecified atom stereocenters. The fraction of sp³-hybridized carbons (Fsp3) is 0.333. The zero-order chi connectivity index (χ0) is 15.3. The molecular formula is C18H16O4. The zero-order valence-corrected chi connectivity index (χ0v) is 12.3. The van der Waals surface area contributed by atoms with Crippen LogP contribution in [0.3, 0.4) is 0 Å². The number of benzene rings is 1. The highest BCUT2D eigenvalue weighted by molar-refractivity contribution is 5.90. The average Bonchev–Trinajstić information content (AvgIpc) is 3.16. The van der Waals surface area contributed by atoms with Gasteiger partial charge in [-0.05, 0) is 42.2 Å². The van der Waals surface area contributed by atoms with Gasteiger partial charge in [-0.3, -0.25) is 0 Å². The van der Waals surface area contributed by atoms with Crippen molar-refractivity contribution in [3.63, 3.8) is 0 Å². The molecule has 2 aliphatic rings. The van der Waals surface area contributed by atoms with Crippen LogP contribution in [-0.2, 0) is 4.74 Å². The van der Waals surface area contributed by atoms with E-state index in [0.717, 1.165) is 36.0 Å². The van der Waals surface area contributed by atoms with E-state index in [1.165, 1.54) is 7.11 Å². The fourth-order valence-corrected chi connectivity index (χ4v) is 4.02. The minimum Gasteiger partial charge on any atom is -0.463 e. The lowest BCUT2D eigenvalue weighted by molar-refractivity contribution is 0.0556. The van der Waals surface area contributed by atoms with Gasteiger partial charge in [0.2, 0.25) is 5.76 Å². The largest absolute Gasteiger partial charge is 0.463 e. The van der Waals surface area contributed by atoms with Crippen LogP contribution in [0.25, 0.3) is 11.1 Å². The standard InChI is InChI=1S/C18H16O4/c1-21-18(20)16-14-12-8-7-11(9-12)13(14)15(17(19)22-16)10-5-3-2-4-6-10/h2-6,11-12H,7-9H2,1H3/t11-,12+/m0/s1. The maximum absolute atomic E-state index is 12.5. The third kappa shape index (κ3) is 1.76. The van der Waals surface area contributed by atoms with Crippen molar-refractivity contribution in [2.45, 2.75) is 31.1 Å². The van der Waals surface area contributed by atoms with Gasteiger partial charge < -0.3 is 9.15 Å². The molecule has 0 spiro atoms. The maximum Gasteiger partial charge on any atom is 0.374 e. The first kappa shape index (κ1) is 13.3. The molecule has 0 N–H and O–H groups in total. The Labute approximate surface area is 127 Å². The Kier molecular flexibility index (Phi) is 2.93. The summed E-state index contributed by atoms with van der Waals surface area (Å²) >= 11 is 0. The first-order chi connectivity index (χ1) is 10.7. The van der Waals surface area contributed by atoms with Crippen molar-refractivity contribution >= 4 is 5.97 Å². The van der Waals surface area contributed by atoms with Crippen molar-refractivity contribution in [1.82, 2.24) is 0 Å². The Hall–Kier alpha value is -2.36. The quantitative estimate of drug-likeness (QED) is 0.796. The van der Waals surface area contributed by atoms with Gasteiger partial charge in [-0.1, -0.05) is 30.3 Å². The number of fused-ring (bicyclic) bond motifs is 5. The van der Waals surface area contributed by atoms with Crippen molar-refractivity contribution in [2.75, 3.05) is 7.11 Å². The highest BCUT2D eigenvalue weighted by Crippen LogP contribution is 2.56. The van der Waals surface area contributed by atoms with E-state index >= 15 is 0 Å². The van der Waals surface area contributed by atoms with E-state index in [2.05, 4.69) is 0 Å². The molecule has 0 saturated heterocycles. The molecule has 0 aliphatic heterocycles. The van der Waals surface area contributed by atoms with Gasteiger partial charge in [0.15, 0.2) is 0 Å². The molecule has 2 bridgehead atoms. The van der Waals surface area contributed by atoms with Gasteiger partial charge in [0, 0.05) is 5.56 Å². The molecule has 1 aromatic carbocycles. The number of carbonyl (C=O) groups is 1. The average molecular weight is 296 g/mol. The van der Waals surface area contributed by atoms with Gasteiger partial charge >= 0.3 is 11.6 Å². The second-order valence-electron chi connectivity index (χ2n) is 5.99. The van der Waals surface area contributed by atoms with Crippen molar-refractivity contribution < 1.29 is 13.9 Å². The number of esters is 1. The fourth-order valence-electron chi connectivity index (χ4n) is 4.02. The highest BCUT2D eigenvalue weighted by atomic mass is 16.5. The van der Waals surface area contributed by atoms with Crippen molar-refractivity contribution in [3.8, 4) is 11.1 Å². The second-order valence-corrected chi connectivity index (χ2v) is 5.99. The number of carbonyl (C=O) groups excluding carboxylic acids is 1. The van der Waals surface area contributed by atoms with Crippen LogP contribution >= 0.6 is 0 Å². The summed E-state index contributed by atoms with van der Waals surface area (Å²) in [6.45, 7) is 0. The summed E-state index contributed by atoms with van der Waals surface area (Å²) in [4.78, 5) is 24.5. The van der Waals surface area contributed by atoms with Crippen LogP contribution in [0.2, 0.25) is 0 Å². The SMILES string of the molecule is COC(=O)c1oc(=O)c(-c2ccccc2)c2c1[C@@H]1CC[C@H]2C1. The summed E-state index contributed by atoms with van der Waals surface area (Å²) in [5.74, 6) is 0.207. The lowest BCUT2D eigenvalue weighted by Crippen LogP contribution is -2.18. The van der Waals surface area contributed by atoms with Crippen molar-refractivity contribution in [3.05, 3.63) is 57.6 Å². The van der Waals surface area contributed by atoms with Crippen LogP contribution in [-0.4, -0.2) is 13.1 Å². The molecular weight excluding hydrogens is 280 g/mol. The third-order valence-electron chi connectivity index (χ3n) is 4.89. The Morgan fingerprint density at radius 3 is 2.50 bits per heavy atom. The summed E-state index contributed by atoms with van der Waals surface area (Å²) in [5.41, 5.74) is 2.95.